The van der Waals surface area contributed by atoms with Gasteiger partial charge in [0.15, 0.2) is 0 Å². The third-order valence-corrected chi connectivity index (χ3v) is 4.25. The van der Waals surface area contributed by atoms with Crippen LogP contribution in [-0.4, -0.2) is 39.3 Å². The van der Waals surface area contributed by atoms with Crippen LogP contribution in [0.3, 0.4) is 0 Å². The monoisotopic (exact) mass is 297 g/mol. The van der Waals surface area contributed by atoms with Gasteiger partial charge in [-0.15, -0.1) is 0 Å². The van der Waals surface area contributed by atoms with E-state index in [1.165, 1.54) is 24.3 Å². The zero-order valence-electron chi connectivity index (χ0n) is 10.5. The number of benzene rings is 1. The molecule has 20 heavy (non-hydrogen) atoms. The average Bonchev–Trinajstić information content (AvgIpc) is 2.88. The number of tetrazole rings is 1. The predicted octanol–water partition coefficient (Wildman–Crippen LogP) is 0.754. The number of non-ortho nitro benzene ring substituents is 1. The van der Waals surface area contributed by atoms with Crippen molar-refractivity contribution in [2.45, 2.75) is 18.5 Å². The first-order valence-corrected chi connectivity index (χ1v) is 7.37. The molecule has 0 unspecified atom stereocenters. The van der Waals surface area contributed by atoms with Gasteiger partial charge in [-0.05, 0) is 29.0 Å². The lowest BCUT2D eigenvalue weighted by Crippen LogP contribution is -2.13. The van der Waals surface area contributed by atoms with Crippen molar-refractivity contribution < 1.29 is 13.3 Å². The van der Waals surface area contributed by atoms with Gasteiger partial charge in [0, 0.05) is 12.1 Å². The minimum Gasteiger partial charge on any atom is -0.258 e. The first-order valence-electron chi connectivity index (χ1n) is 5.71. The molecule has 0 saturated carbocycles. The summed E-state index contributed by atoms with van der Waals surface area (Å²) in [5.41, 5.74) is 0.245. The molecule has 1 heterocycles. The number of hydrogen-bond donors (Lipinski definition) is 0. The summed E-state index contributed by atoms with van der Waals surface area (Å²) in [6.07, 6.45) is 0.440. The number of rotatable bonds is 5. The molecule has 0 saturated heterocycles. The maximum absolute atomic E-state index is 12.0. The van der Waals surface area contributed by atoms with E-state index in [0.717, 1.165) is 4.68 Å². The SMILES string of the molecule is CCCS(=O)(=O)c1nnnn1-c1ccc([N+](=O)[O-])cc1. The molecule has 0 aliphatic heterocycles. The first kappa shape index (κ1) is 14.1. The molecular weight excluding hydrogens is 286 g/mol. The molecule has 0 N–H and O–H groups in total. The van der Waals surface area contributed by atoms with E-state index in [1.54, 1.807) is 6.92 Å². The molecule has 0 atom stereocenters. The van der Waals surface area contributed by atoms with E-state index in [-0.39, 0.29) is 16.6 Å². The molecule has 9 nitrogen and oxygen atoms in total. The zero-order valence-corrected chi connectivity index (χ0v) is 11.3. The fourth-order valence-electron chi connectivity index (χ4n) is 1.61. The summed E-state index contributed by atoms with van der Waals surface area (Å²) in [5, 5.41) is 20.8. The molecule has 0 spiro atoms. The Morgan fingerprint density at radius 3 is 2.50 bits per heavy atom. The fraction of sp³-hybridized carbons (Fsp3) is 0.300. The zero-order chi connectivity index (χ0) is 14.8. The third kappa shape index (κ3) is 2.64. The molecule has 1 aromatic heterocycles. The molecule has 0 bridgehead atoms. The second kappa shape index (κ2) is 5.33. The molecule has 0 amide bonds. The highest BCUT2D eigenvalue weighted by Crippen LogP contribution is 2.17. The maximum Gasteiger partial charge on any atom is 0.272 e. The van der Waals surface area contributed by atoms with Crippen LogP contribution in [0.2, 0.25) is 0 Å². The van der Waals surface area contributed by atoms with Crippen molar-refractivity contribution in [3.8, 4) is 5.69 Å². The first-order chi connectivity index (χ1) is 9.45. The number of hydrogen-bond acceptors (Lipinski definition) is 7. The van der Waals surface area contributed by atoms with Crippen molar-refractivity contribution >= 4 is 15.5 Å². The Morgan fingerprint density at radius 1 is 1.30 bits per heavy atom. The molecule has 106 valence electrons. The highest BCUT2D eigenvalue weighted by molar-refractivity contribution is 7.91. The standard InChI is InChI=1S/C10H11N5O4S/c1-2-7-20(18,19)10-11-12-13-14(10)8-3-5-9(6-4-8)15(16)17/h3-6H,2,7H2,1H3. The quantitative estimate of drug-likeness (QED) is 0.589. The lowest BCUT2D eigenvalue weighted by molar-refractivity contribution is -0.384. The van der Waals surface area contributed by atoms with Gasteiger partial charge in [0.1, 0.15) is 0 Å². The van der Waals surface area contributed by atoms with Gasteiger partial charge in [-0.2, -0.15) is 4.68 Å². The molecule has 2 rings (SSSR count). The van der Waals surface area contributed by atoms with Crippen molar-refractivity contribution in [1.82, 2.24) is 20.2 Å². The maximum atomic E-state index is 12.0. The van der Waals surface area contributed by atoms with Crippen LogP contribution in [0.15, 0.2) is 29.4 Å². The van der Waals surface area contributed by atoms with E-state index >= 15 is 0 Å². The van der Waals surface area contributed by atoms with Gasteiger partial charge in [-0.1, -0.05) is 12.0 Å². The smallest absolute Gasteiger partial charge is 0.258 e. The van der Waals surface area contributed by atoms with Gasteiger partial charge in [0.2, 0.25) is 9.84 Å². The number of nitrogens with zero attached hydrogens (tertiary/aromatic N) is 5. The summed E-state index contributed by atoms with van der Waals surface area (Å²) >= 11 is 0. The van der Waals surface area contributed by atoms with Crippen LogP contribution in [0.5, 0.6) is 0 Å². The highest BCUT2D eigenvalue weighted by atomic mass is 32.2. The van der Waals surface area contributed by atoms with Crippen LogP contribution in [0, 0.1) is 10.1 Å². The number of nitro benzene ring substituents is 1. The van der Waals surface area contributed by atoms with E-state index in [0.29, 0.717) is 12.1 Å². The van der Waals surface area contributed by atoms with Crippen molar-refractivity contribution in [1.29, 1.82) is 0 Å². The molecule has 0 aliphatic carbocycles. The number of aromatic nitrogens is 4. The Morgan fingerprint density at radius 2 is 1.95 bits per heavy atom. The third-order valence-electron chi connectivity index (χ3n) is 2.50. The van der Waals surface area contributed by atoms with Crippen LogP contribution in [0.4, 0.5) is 5.69 Å². The van der Waals surface area contributed by atoms with Gasteiger partial charge >= 0.3 is 0 Å². The summed E-state index contributed by atoms with van der Waals surface area (Å²) in [6, 6.07) is 5.29. The summed E-state index contributed by atoms with van der Waals surface area (Å²) in [4.78, 5) is 10.0. The number of nitro groups is 1. The van der Waals surface area contributed by atoms with E-state index in [2.05, 4.69) is 15.5 Å². The average molecular weight is 297 g/mol. The Bertz CT molecular complexity index is 722. The summed E-state index contributed by atoms with van der Waals surface area (Å²) in [5.74, 6) is -0.0691. The lowest BCUT2D eigenvalue weighted by Gasteiger charge is -2.04. The minimum absolute atomic E-state index is 0.0691. The van der Waals surface area contributed by atoms with Gasteiger partial charge in [0.05, 0.1) is 16.4 Å². The molecular formula is C10H11N5O4S. The Balaban J connectivity index is 2.45. The van der Waals surface area contributed by atoms with Crippen LogP contribution in [-0.2, 0) is 9.84 Å². The summed E-state index contributed by atoms with van der Waals surface area (Å²) in [6.45, 7) is 1.73. The van der Waals surface area contributed by atoms with E-state index < -0.39 is 14.8 Å². The normalized spacial score (nSPS) is 11.4. The second-order valence-electron chi connectivity index (χ2n) is 3.97. The fourth-order valence-corrected chi connectivity index (χ4v) is 2.90. The second-order valence-corrected chi connectivity index (χ2v) is 5.97. The molecule has 1 aromatic carbocycles. The van der Waals surface area contributed by atoms with Crippen molar-refractivity contribution in [3.05, 3.63) is 34.4 Å². The van der Waals surface area contributed by atoms with Gasteiger partial charge in [-0.3, -0.25) is 10.1 Å². The number of sulfone groups is 1. The van der Waals surface area contributed by atoms with Gasteiger partial charge in [0.25, 0.3) is 10.8 Å². The Hall–Kier alpha value is -2.36. The highest BCUT2D eigenvalue weighted by Gasteiger charge is 2.23. The van der Waals surface area contributed by atoms with Crippen molar-refractivity contribution in [2.24, 2.45) is 0 Å². The van der Waals surface area contributed by atoms with Gasteiger partial charge in [-0.25, -0.2) is 8.42 Å². The molecule has 0 aliphatic rings. The van der Waals surface area contributed by atoms with Crippen LogP contribution in [0.1, 0.15) is 13.3 Å². The van der Waals surface area contributed by atoms with E-state index in [9.17, 15) is 18.5 Å². The Labute approximate surface area is 114 Å². The molecule has 0 radical (unpaired) electrons. The minimum atomic E-state index is -3.58. The molecule has 2 aromatic rings. The van der Waals surface area contributed by atoms with Crippen LogP contribution in [0.25, 0.3) is 5.69 Å². The van der Waals surface area contributed by atoms with E-state index in [4.69, 9.17) is 0 Å². The molecule has 10 heteroatoms. The van der Waals surface area contributed by atoms with E-state index in [1.807, 2.05) is 0 Å². The van der Waals surface area contributed by atoms with Gasteiger partial charge < -0.3 is 0 Å². The summed E-state index contributed by atoms with van der Waals surface area (Å²) in [7, 11) is -3.58. The largest absolute Gasteiger partial charge is 0.272 e. The lowest BCUT2D eigenvalue weighted by atomic mass is 10.3. The predicted molar refractivity (Wildman–Crippen MR) is 68.2 cm³/mol. The van der Waals surface area contributed by atoms with Crippen molar-refractivity contribution in [3.63, 3.8) is 0 Å². The topological polar surface area (TPSA) is 121 Å². The molecule has 0 fully saturated rings. The summed E-state index contributed by atoms with van der Waals surface area (Å²) < 4.78 is 25.0. The Kier molecular flexibility index (Phi) is 3.74. The van der Waals surface area contributed by atoms with Crippen LogP contribution < -0.4 is 0 Å². The van der Waals surface area contributed by atoms with Crippen LogP contribution >= 0.6 is 0 Å². The van der Waals surface area contributed by atoms with Crippen molar-refractivity contribution in [2.75, 3.05) is 5.75 Å².